The molecule has 1 aromatic carbocycles. The Balaban J connectivity index is 1.55. The van der Waals surface area contributed by atoms with Crippen molar-refractivity contribution in [3.05, 3.63) is 60.0 Å². The summed E-state index contributed by atoms with van der Waals surface area (Å²) in [6.45, 7) is 4.94. The van der Waals surface area contributed by atoms with E-state index in [2.05, 4.69) is 67.5 Å². The standard InChI is InChI=1S/C20H21N5S/c1-22-8-10-23(11-9-22)20(26)16-12-18-19-21-6-7-25(19)17-5-3-2-4-15(17)13-24(18)14-16/h2-7,12,14H,8-11,13H2,1H3. The van der Waals surface area contributed by atoms with Crippen molar-refractivity contribution in [3.8, 4) is 17.2 Å². The molecule has 132 valence electrons. The lowest BCUT2D eigenvalue weighted by Crippen LogP contribution is -2.46. The lowest BCUT2D eigenvalue weighted by atomic mass is 10.1. The number of nitrogens with zero attached hydrogens (tertiary/aromatic N) is 5. The Morgan fingerprint density at radius 2 is 1.92 bits per heavy atom. The lowest BCUT2D eigenvalue weighted by molar-refractivity contribution is 0.218. The summed E-state index contributed by atoms with van der Waals surface area (Å²) in [5, 5.41) is 0. The second-order valence-electron chi connectivity index (χ2n) is 7.09. The van der Waals surface area contributed by atoms with Crippen molar-refractivity contribution >= 4 is 17.2 Å². The van der Waals surface area contributed by atoms with E-state index in [1.54, 1.807) is 0 Å². The number of aromatic nitrogens is 3. The molecule has 6 heteroatoms. The van der Waals surface area contributed by atoms with Crippen LogP contribution in [0.5, 0.6) is 0 Å². The van der Waals surface area contributed by atoms with E-state index in [9.17, 15) is 0 Å². The third-order valence-corrected chi connectivity index (χ3v) is 5.89. The van der Waals surface area contributed by atoms with Crippen LogP contribution in [0.15, 0.2) is 48.9 Å². The number of rotatable bonds is 1. The Bertz CT molecular complexity index is 978. The number of imidazole rings is 1. The fourth-order valence-corrected chi connectivity index (χ4v) is 4.18. The van der Waals surface area contributed by atoms with Gasteiger partial charge in [-0.2, -0.15) is 0 Å². The predicted octanol–water partition coefficient (Wildman–Crippen LogP) is 2.63. The SMILES string of the molecule is CN1CCN(C(=S)c2cc3n(c2)Cc2ccccc2-n2ccnc2-3)CC1. The lowest BCUT2D eigenvalue weighted by Gasteiger charge is -2.34. The van der Waals surface area contributed by atoms with Crippen molar-refractivity contribution in [3.63, 3.8) is 0 Å². The molecule has 0 spiro atoms. The second kappa shape index (κ2) is 6.07. The van der Waals surface area contributed by atoms with Crippen LogP contribution in [0.1, 0.15) is 11.1 Å². The molecule has 0 unspecified atom stereocenters. The smallest absolute Gasteiger partial charge is 0.161 e. The molecule has 0 N–H and O–H groups in total. The highest BCUT2D eigenvalue weighted by atomic mass is 32.1. The average molecular weight is 363 g/mol. The quantitative estimate of drug-likeness (QED) is 0.486. The van der Waals surface area contributed by atoms with Gasteiger partial charge in [0.15, 0.2) is 5.82 Å². The number of para-hydroxylation sites is 1. The van der Waals surface area contributed by atoms with Gasteiger partial charge < -0.3 is 14.4 Å². The number of hydrogen-bond acceptors (Lipinski definition) is 3. The predicted molar refractivity (Wildman–Crippen MR) is 107 cm³/mol. The fourth-order valence-electron chi connectivity index (χ4n) is 3.89. The zero-order valence-corrected chi connectivity index (χ0v) is 15.6. The molecule has 3 aromatic rings. The number of benzene rings is 1. The minimum absolute atomic E-state index is 0.834. The van der Waals surface area contributed by atoms with Crippen LogP contribution in [0, 0.1) is 0 Å². The molecular formula is C20H21N5S. The molecule has 1 saturated heterocycles. The maximum Gasteiger partial charge on any atom is 0.161 e. The summed E-state index contributed by atoms with van der Waals surface area (Å²) in [6.07, 6.45) is 6.10. The second-order valence-corrected chi connectivity index (χ2v) is 7.47. The molecule has 0 aliphatic carbocycles. The summed E-state index contributed by atoms with van der Waals surface area (Å²) in [5.74, 6) is 0.974. The summed E-state index contributed by atoms with van der Waals surface area (Å²) in [7, 11) is 2.16. The highest BCUT2D eigenvalue weighted by Gasteiger charge is 2.23. The van der Waals surface area contributed by atoms with E-state index in [1.807, 2.05) is 12.4 Å². The Kier molecular flexibility index (Phi) is 3.69. The van der Waals surface area contributed by atoms with Gasteiger partial charge in [0, 0.05) is 56.9 Å². The zero-order chi connectivity index (χ0) is 17.7. The largest absolute Gasteiger partial charge is 0.360 e. The molecule has 1 fully saturated rings. The molecule has 2 aromatic heterocycles. The van der Waals surface area contributed by atoms with Crippen molar-refractivity contribution < 1.29 is 0 Å². The normalized spacial score (nSPS) is 16.6. The van der Waals surface area contributed by atoms with E-state index < -0.39 is 0 Å². The van der Waals surface area contributed by atoms with Gasteiger partial charge in [0.2, 0.25) is 0 Å². The van der Waals surface area contributed by atoms with Crippen LogP contribution in [0.25, 0.3) is 17.2 Å². The van der Waals surface area contributed by atoms with Crippen molar-refractivity contribution in [2.45, 2.75) is 6.54 Å². The number of likely N-dealkylation sites (N-methyl/N-ethyl adjacent to an activating group) is 1. The van der Waals surface area contributed by atoms with Crippen molar-refractivity contribution in [2.75, 3.05) is 33.2 Å². The Hall–Kier alpha value is -2.44. The Morgan fingerprint density at radius 3 is 2.77 bits per heavy atom. The average Bonchev–Trinajstić information content (AvgIpc) is 3.27. The van der Waals surface area contributed by atoms with Crippen LogP contribution in [0.3, 0.4) is 0 Å². The van der Waals surface area contributed by atoms with Crippen molar-refractivity contribution in [2.24, 2.45) is 0 Å². The Morgan fingerprint density at radius 1 is 1.12 bits per heavy atom. The molecule has 2 aliphatic rings. The monoisotopic (exact) mass is 363 g/mol. The maximum atomic E-state index is 5.82. The summed E-state index contributed by atoms with van der Waals surface area (Å²) >= 11 is 5.82. The molecule has 5 nitrogen and oxygen atoms in total. The third-order valence-electron chi connectivity index (χ3n) is 5.40. The van der Waals surface area contributed by atoms with E-state index in [-0.39, 0.29) is 0 Å². The molecule has 0 saturated carbocycles. The number of hydrogen-bond donors (Lipinski definition) is 0. The zero-order valence-electron chi connectivity index (χ0n) is 14.8. The number of fused-ring (bicyclic) bond motifs is 5. The molecule has 0 bridgehead atoms. The third kappa shape index (κ3) is 2.48. The molecule has 2 aliphatic heterocycles. The van der Waals surface area contributed by atoms with Gasteiger partial charge in [-0.1, -0.05) is 30.4 Å². The van der Waals surface area contributed by atoms with Gasteiger partial charge in [-0.3, -0.25) is 4.57 Å². The van der Waals surface area contributed by atoms with Gasteiger partial charge in [0.25, 0.3) is 0 Å². The maximum absolute atomic E-state index is 5.82. The molecule has 4 heterocycles. The number of thiocarbonyl (C=S) groups is 1. The van der Waals surface area contributed by atoms with E-state index in [0.717, 1.165) is 54.8 Å². The minimum atomic E-state index is 0.834. The first-order valence-electron chi connectivity index (χ1n) is 9.01. The van der Waals surface area contributed by atoms with Crippen molar-refractivity contribution in [1.82, 2.24) is 23.9 Å². The summed E-state index contributed by atoms with van der Waals surface area (Å²) in [4.78, 5) is 10.3. The van der Waals surface area contributed by atoms with Crippen molar-refractivity contribution in [1.29, 1.82) is 0 Å². The van der Waals surface area contributed by atoms with Crippen LogP contribution in [-0.2, 0) is 6.54 Å². The minimum Gasteiger partial charge on any atom is -0.360 e. The first kappa shape index (κ1) is 15.8. The molecule has 0 amide bonds. The first-order valence-corrected chi connectivity index (χ1v) is 9.41. The molecule has 26 heavy (non-hydrogen) atoms. The van der Waals surface area contributed by atoms with Crippen LogP contribution in [0.2, 0.25) is 0 Å². The van der Waals surface area contributed by atoms with Crippen LogP contribution in [-0.4, -0.2) is 62.1 Å². The Labute approximate surface area is 158 Å². The van der Waals surface area contributed by atoms with E-state index in [1.165, 1.54) is 11.3 Å². The topological polar surface area (TPSA) is 29.2 Å². The summed E-state index contributed by atoms with van der Waals surface area (Å²) in [6, 6.07) is 10.7. The van der Waals surface area contributed by atoms with Crippen LogP contribution < -0.4 is 0 Å². The van der Waals surface area contributed by atoms with Gasteiger partial charge in [0.1, 0.15) is 4.99 Å². The van der Waals surface area contributed by atoms with Crippen LogP contribution >= 0.6 is 12.2 Å². The highest BCUT2D eigenvalue weighted by Crippen LogP contribution is 2.31. The van der Waals surface area contributed by atoms with Gasteiger partial charge in [0.05, 0.1) is 11.4 Å². The molecule has 0 radical (unpaired) electrons. The van der Waals surface area contributed by atoms with Gasteiger partial charge in [-0.25, -0.2) is 4.98 Å². The molecule has 0 atom stereocenters. The number of piperazine rings is 1. The molecular weight excluding hydrogens is 342 g/mol. The van der Waals surface area contributed by atoms with E-state index in [0.29, 0.717) is 0 Å². The highest BCUT2D eigenvalue weighted by molar-refractivity contribution is 7.80. The fraction of sp³-hybridized carbons (Fsp3) is 0.300. The van der Waals surface area contributed by atoms with E-state index >= 15 is 0 Å². The summed E-state index contributed by atoms with van der Waals surface area (Å²) < 4.78 is 4.46. The van der Waals surface area contributed by atoms with Gasteiger partial charge >= 0.3 is 0 Å². The van der Waals surface area contributed by atoms with E-state index in [4.69, 9.17) is 12.2 Å². The molecule has 5 rings (SSSR count). The first-order chi connectivity index (χ1) is 12.7. The summed E-state index contributed by atoms with van der Waals surface area (Å²) in [5.41, 5.74) is 4.73. The van der Waals surface area contributed by atoms with Crippen LogP contribution in [0.4, 0.5) is 0 Å². The van der Waals surface area contributed by atoms with Gasteiger partial charge in [-0.05, 0) is 24.7 Å². The van der Waals surface area contributed by atoms with Gasteiger partial charge in [-0.15, -0.1) is 0 Å².